The highest BCUT2D eigenvalue weighted by Crippen LogP contribution is 2.29. The van der Waals surface area contributed by atoms with Crippen molar-refractivity contribution >= 4 is 11.3 Å². The zero-order valence-corrected chi connectivity index (χ0v) is 14.0. The number of rotatable bonds is 7. The molecule has 3 rings (SSSR count). The van der Waals surface area contributed by atoms with Gasteiger partial charge in [0.25, 0.3) is 0 Å². The summed E-state index contributed by atoms with van der Waals surface area (Å²) in [5.41, 5.74) is 0. The first-order valence-corrected chi connectivity index (χ1v) is 9.18. The van der Waals surface area contributed by atoms with E-state index >= 15 is 0 Å². The molecule has 22 heavy (non-hydrogen) atoms. The van der Waals surface area contributed by atoms with Crippen LogP contribution >= 0.6 is 11.3 Å². The van der Waals surface area contributed by atoms with Crippen molar-refractivity contribution in [3.8, 4) is 0 Å². The van der Waals surface area contributed by atoms with Gasteiger partial charge in [-0.2, -0.15) is 0 Å². The van der Waals surface area contributed by atoms with Gasteiger partial charge in [0.2, 0.25) is 6.29 Å². The first-order valence-electron chi connectivity index (χ1n) is 8.36. The van der Waals surface area contributed by atoms with Gasteiger partial charge in [-0.05, 0) is 18.8 Å². The van der Waals surface area contributed by atoms with Crippen LogP contribution in [0, 0.1) is 5.92 Å². The molecule has 2 aliphatic rings. The Labute approximate surface area is 137 Å². The lowest BCUT2D eigenvalue weighted by Gasteiger charge is -2.28. The van der Waals surface area contributed by atoms with Crippen molar-refractivity contribution in [3.63, 3.8) is 0 Å². The second kappa shape index (κ2) is 8.20. The van der Waals surface area contributed by atoms with E-state index < -0.39 is 0 Å². The Kier molecular flexibility index (Phi) is 6.01. The van der Waals surface area contributed by atoms with Crippen molar-refractivity contribution < 1.29 is 9.47 Å². The van der Waals surface area contributed by atoms with E-state index in [0.717, 1.165) is 24.0 Å². The first-order chi connectivity index (χ1) is 10.8. The van der Waals surface area contributed by atoms with Crippen molar-refractivity contribution in [2.75, 3.05) is 26.3 Å². The van der Waals surface area contributed by atoms with Gasteiger partial charge in [0.1, 0.15) is 5.01 Å². The molecule has 1 aliphatic heterocycles. The van der Waals surface area contributed by atoms with E-state index in [9.17, 15) is 0 Å². The molecule has 1 saturated carbocycles. The lowest BCUT2D eigenvalue weighted by molar-refractivity contribution is -0.0442. The monoisotopic (exact) mass is 322 g/mol. The molecule has 0 bridgehead atoms. The van der Waals surface area contributed by atoms with Crippen molar-refractivity contribution in [1.82, 2.24) is 9.88 Å². The molecule has 0 atom stereocenters. The van der Waals surface area contributed by atoms with Crippen LogP contribution in [0.3, 0.4) is 0 Å². The standard InChI is InChI=1S/C17H26N2O2S/c1-2-8-19(12-14-6-4-3-5-7-14)13-15-11-18-16(22-15)17-20-9-10-21-17/h2,11,14,17H,1,3-10,12-13H2. The van der Waals surface area contributed by atoms with Gasteiger partial charge >= 0.3 is 0 Å². The predicted molar refractivity (Wildman–Crippen MR) is 88.8 cm³/mol. The van der Waals surface area contributed by atoms with E-state index in [1.54, 1.807) is 11.3 Å². The van der Waals surface area contributed by atoms with Gasteiger partial charge in [0.05, 0.1) is 13.2 Å². The number of hydrogen-bond acceptors (Lipinski definition) is 5. The molecule has 1 aliphatic carbocycles. The maximum absolute atomic E-state index is 5.52. The smallest absolute Gasteiger partial charge is 0.211 e. The third kappa shape index (κ3) is 4.38. The Morgan fingerprint density at radius 1 is 1.27 bits per heavy atom. The topological polar surface area (TPSA) is 34.6 Å². The molecular formula is C17H26N2O2S. The van der Waals surface area contributed by atoms with Crippen LogP contribution in [0.4, 0.5) is 0 Å². The van der Waals surface area contributed by atoms with Gasteiger partial charge in [0.15, 0.2) is 0 Å². The Hall–Kier alpha value is -0.750. The minimum atomic E-state index is -0.245. The highest BCUT2D eigenvalue weighted by atomic mass is 32.1. The minimum Gasteiger partial charge on any atom is -0.344 e. The van der Waals surface area contributed by atoms with Crippen LogP contribution in [0.15, 0.2) is 18.9 Å². The fourth-order valence-electron chi connectivity index (χ4n) is 3.35. The molecule has 0 amide bonds. The van der Waals surface area contributed by atoms with Crippen molar-refractivity contribution in [2.24, 2.45) is 5.92 Å². The van der Waals surface area contributed by atoms with E-state index in [1.807, 2.05) is 12.3 Å². The van der Waals surface area contributed by atoms with Gasteiger partial charge in [-0.3, -0.25) is 4.90 Å². The second-order valence-electron chi connectivity index (χ2n) is 6.23. The lowest BCUT2D eigenvalue weighted by Crippen LogP contribution is -2.30. The summed E-state index contributed by atoms with van der Waals surface area (Å²) in [5.74, 6) is 0.850. The van der Waals surface area contributed by atoms with Crippen LogP contribution < -0.4 is 0 Å². The van der Waals surface area contributed by atoms with Gasteiger partial charge in [0, 0.05) is 30.7 Å². The minimum absolute atomic E-state index is 0.245. The Morgan fingerprint density at radius 2 is 2.05 bits per heavy atom. The second-order valence-corrected chi connectivity index (χ2v) is 7.37. The molecule has 0 unspecified atom stereocenters. The average Bonchev–Trinajstić information content (AvgIpc) is 3.19. The van der Waals surface area contributed by atoms with Crippen molar-refractivity contribution in [1.29, 1.82) is 0 Å². The summed E-state index contributed by atoms with van der Waals surface area (Å²) in [6, 6.07) is 0. The average molecular weight is 322 g/mol. The fourth-order valence-corrected chi connectivity index (χ4v) is 4.31. The summed E-state index contributed by atoms with van der Waals surface area (Å²) in [6.45, 7) is 8.32. The zero-order valence-electron chi connectivity index (χ0n) is 13.2. The molecule has 2 heterocycles. The predicted octanol–water partition coefficient (Wildman–Crippen LogP) is 3.76. The molecule has 0 N–H and O–H groups in total. The number of nitrogens with zero attached hydrogens (tertiary/aromatic N) is 2. The molecule has 1 saturated heterocycles. The zero-order chi connectivity index (χ0) is 15.2. The summed E-state index contributed by atoms with van der Waals surface area (Å²) in [7, 11) is 0. The molecular weight excluding hydrogens is 296 g/mol. The normalized spacial score (nSPS) is 20.8. The summed E-state index contributed by atoms with van der Waals surface area (Å²) in [4.78, 5) is 8.25. The molecule has 0 radical (unpaired) electrons. The van der Waals surface area contributed by atoms with Crippen LogP contribution in [0.25, 0.3) is 0 Å². The van der Waals surface area contributed by atoms with Gasteiger partial charge in [-0.1, -0.05) is 25.3 Å². The Bertz CT molecular complexity index is 465. The first kappa shape index (κ1) is 16.1. The van der Waals surface area contributed by atoms with Crippen LogP contribution in [0.5, 0.6) is 0 Å². The van der Waals surface area contributed by atoms with E-state index in [-0.39, 0.29) is 6.29 Å². The van der Waals surface area contributed by atoms with Crippen LogP contribution in [-0.2, 0) is 16.0 Å². The number of aromatic nitrogens is 1. The van der Waals surface area contributed by atoms with Crippen molar-refractivity contribution in [2.45, 2.75) is 44.9 Å². The largest absolute Gasteiger partial charge is 0.344 e. The van der Waals surface area contributed by atoms with Gasteiger partial charge in [-0.25, -0.2) is 4.98 Å². The highest BCUT2D eigenvalue weighted by Gasteiger charge is 2.22. The van der Waals surface area contributed by atoms with E-state index in [2.05, 4.69) is 16.5 Å². The van der Waals surface area contributed by atoms with Gasteiger partial charge in [-0.15, -0.1) is 17.9 Å². The Morgan fingerprint density at radius 3 is 2.77 bits per heavy atom. The SMILES string of the molecule is C=CCN(Cc1cnc(C2OCCO2)s1)CC1CCCCC1. The molecule has 0 aromatic carbocycles. The molecule has 0 spiro atoms. The summed E-state index contributed by atoms with van der Waals surface area (Å²) >= 11 is 1.71. The van der Waals surface area contributed by atoms with E-state index in [0.29, 0.717) is 13.2 Å². The lowest BCUT2D eigenvalue weighted by atomic mass is 9.89. The number of ether oxygens (including phenoxy) is 2. The van der Waals surface area contributed by atoms with Crippen LogP contribution in [0.1, 0.15) is 48.3 Å². The molecule has 4 nitrogen and oxygen atoms in total. The third-order valence-corrected chi connectivity index (χ3v) is 5.41. The van der Waals surface area contributed by atoms with Crippen LogP contribution in [0.2, 0.25) is 0 Å². The fraction of sp³-hybridized carbons (Fsp3) is 0.706. The summed E-state index contributed by atoms with van der Waals surface area (Å²) < 4.78 is 11.0. The number of hydrogen-bond donors (Lipinski definition) is 0. The molecule has 2 fully saturated rings. The van der Waals surface area contributed by atoms with Crippen molar-refractivity contribution in [3.05, 3.63) is 28.7 Å². The quantitative estimate of drug-likeness (QED) is 0.716. The maximum Gasteiger partial charge on any atom is 0.211 e. The Balaban J connectivity index is 1.56. The molecule has 122 valence electrons. The summed E-state index contributed by atoms with van der Waals surface area (Å²) in [6.07, 6.45) is 10.7. The highest BCUT2D eigenvalue weighted by molar-refractivity contribution is 7.11. The van der Waals surface area contributed by atoms with E-state index in [4.69, 9.17) is 9.47 Å². The molecule has 5 heteroatoms. The van der Waals surface area contributed by atoms with Gasteiger partial charge < -0.3 is 9.47 Å². The number of thiazole rings is 1. The molecule has 1 aromatic heterocycles. The van der Waals surface area contributed by atoms with E-state index in [1.165, 1.54) is 43.5 Å². The third-order valence-electron chi connectivity index (χ3n) is 4.40. The van der Waals surface area contributed by atoms with Crippen LogP contribution in [-0.4, -0.2) is 36.2 Å². The summed E-state index contributed by atoms with van der Waals surface area (Å²) in [5, 5.41) is 0.948. The molecule has 1 aromatic rings. The maximum atomic E-state index is 5.52.